The number of hydrogen-bond donors (Lipinski definition) is 2. The number of carbonyl (C=O) groups excluding carboxylic acids is 1. The maximum absolute atomic E-state index is 13.1. The normalized spacial score (nSPS) is 9.59. The molecular formula is C16H5Cl5F2I5N2O4-. The van der Waals surface area contributed by atoms with Crippen LogP contribution in [0, 0.1) is 23.0 Å². The monoisotopic (exact) mass is 1140 g/mol. The fourth-order valence-electron chi connectivity index (χ4n) is 1.80. The van der Waals surface area contributed by atoms with Gasteiger partial charge in [-0.25, -0.2) is 13.6 Å². The topological polar surface area (TPSA) is 111 Å². The Morgan fingerprint density at radius 3 is 1.82 bits per heavy atom. The van der Waals surface area contributed by atoms with Crippen LogP contribution in [0.5, 0.6) is 0 Å². The molecule has 0 aliphatic carbocycles. The molecule has 0 aliphatic heterocycles. The number of hydrogen-bond acceptors (Lipinski definition) is 5. The first-order valence-electron chi connectivity index (χ1n) is 7.26. The number of rotatable bonds is 3. The Labute approximate surface area is 270 Å². The first kappa shape index (κ1) is 37.7. The molecule has 0 radical (unpaired) electrons. The summed E-state index contributed by atoms with van der Waals surface area (Å²) in [6.45, 7) is 0. The van der Waals surface area contributed by atoms with E-state index in [9.17, 15) is 18.4 Å². The van der Waals surface area contributed by atoms with E-state index in [0.717, 1.165) is 12.3 Å². The van der Waals surface area contributed by atoms with E-state index in [0.29, 0.717) is 19.3 Å². The Hall–Kier alpha value is 1.50. The summed E-state index contributed by atoms with van der Waals surface area (Å²) in [6.07, 6.45) is 0.764. The molecule has 6 nitrogen and oxygen atoms in total. The second-order valence-corrected chi connectivity index (χ2v) is 22.9. The van der Waals surface area contributed by atoms with Crippen LogP contribution in [-0.2, 0) is 0 Å². The van der Waals surface area contributed by atoms with Crippen molar-refractivity contribution in [3.8, 4) is 6.07 Å². The van der Waals surface area contributed by atoms with Gasteiger partial charge in [-0.05, 0) is 23.7 Å². The van der Waals surface area contributed by atoms with Crippen LogP contribution in [0.25, 0.3) is 0 Å². The summed E-state index contributed by atoms with van der Waals surface area (Å²) in [5, 5.41) is 25.9. The van der Waals surface area contributed by atoms with Crippen molar-refractivity contribution < 1.29 is 41.9 Å². The van der Waals surface area contributed by atoms with Crippen molar-refractivity contribution in [2.45, 2.75) is 0 Å². The van der Waals surface area contributed by atoms with E-state index < -0.39 is 38.5 Å². The molecule has 0 saturated heterocycles. The molecule has 0 bridgehead atoms. The predicted octanol–water partition coefficient (Wildman–Crippen LogP) is 6.57. The van der Waals surface area contributed by atoms with E-state index in [1.54, 1.807) is 6.07 Å². The van der Waals surface area contributed by atoms with Crippen molar-refractivity contribution in [3.05, 3.63) is 66.1 Å². The largest absolute Gasteiger partial charge is 0.478 e. The molecule has 0 heterocycles. The van der Waals surface area contributed by atoms with Crippen LogP contribution in [0.1, 0.15) is 31.8 Å². The SMILES string of the molecule is II.I[I-]I.N#Cc1c(Cl)c(F)cc(C(=O)Cl)c1Cl.O=C(O)c1cc(F)c(Cl)c(/C=N/O)c1Cl. The van der Waals surface area contributed by atoms with Crippen molar-refractivity contribution in [2.24, 2.45) is 5.16 Å². The number of carboxylic acids is 1. The van der Waals surface area contributed by atoms with Crippen molar-refractivity contribution in [1.29, 1.82) is 5.26 Å². The number of oxime groups is 1. The van der Waals surface area contributed by atoms with Gasteiger partial charge in [-0.3, -0.25) is 4.79 Å². The molecule has 0 fully saturated rings. The summed E-state index contributed by atoms with van der Waals surface area (Å²) in [5.41, 5.74) is -1.20. The molecule has 2 rings (SSSR count). The molecule has 0 saturated carbocycles. The second-order valence-electron chi connectivity index (χ2n) is 4.85. The van der Waals surface area contributed by atoms with Gasteiger partial charge in [0.25, 0.3) is 5.24 Å². The van der Waals surface area contributed by atoms with Gasteiger partial charge in [0.15, 0.2) is 0 Å². The molecule has 0 amide bonds. The van der Waals surface area contributed by atoms with E-state index in [1.807, 2.05) is 0 Å². The van der Waals surface area contributed by atoms with Crippen molar-refractivity contribution in [3.63, 3.8) is 0 Å². The predicted molar refractivity (Wildman–Crippen MR) is 160 cm³/mol. The minimum Gasteiger partial charge on any atom is -0.478 e. The van der Waals surface area contributed by atoms with Gasteiger partial charge in [-0.1, -0.05) is 51.6 Å². The third-order valence-electron chi connectivity index (χ3n) is 3.09. The molecule has 2 aromatic rings. The zero-order chi connectivity index (χ0) is 27.2. The van der Waals surface area contributed by atoms with Gasteiger partial charge in [-0.2, -0.15) is 5.26 Å². The summed E-state index contributed by atoms with van der Waals surface area (Å²) < 4.78 is 26.1. The average Bonchev–Trinajstić information content (AvgIpc) is 2.78. The van der Waals surface area contributed by atoms with Gasteiger partial charge < -0.3 is 10.3 Å². The molecular weight excluding hydrogens is 1130 g/mol. The Morgan fingerprint density at radius 2 is 1.44 bits per heavy atom. The summed E-state index contributed by atoms with van der Waals surface area (Å²) in [7, 11) is 0. The number of carbonyl (C=O) groups is 2. The first-order chi connectivity index (χ1) is 15.9. The zero-order valence-electron chi connectivity index (χ0n) is 15.4. The molecule has 0 aromatic heterocycles. The first-order valence-corrected chi connectivity index (χ1v) is 28.0. The maximum Gasteiger partial charge on any atom is 0.337 e. The Bertz CT molecular complexity index is 1110. The quantitative estimate of drug-likeness (QED) is 0.0904. The molecule has 34 heavy (non-hydrogen) atoms. The van der Waals surface area contributed by atoms with E-state index in [1.165, 1.54) is 0 Å². The molecule has 0 unspecified atom stereocenters. The molecule has 2 aromatic carbocycles. The van der Waals surface area contributed by atoms with E-state index in [-0.39, 0.29) is 26.7 Å². The van der Waals surface area contributed by atoms with Crippen molar-refractivity contribution >= 4 is 150 Å². The molecule has 2 N–H and O–H groups in total. The molecule has 188 valence electrons. The summed E-state index contributed by atoms with van der Waals surface area (Å²) in [6, 6.07) is 3.07. The Kier molecular flexibility index (Phi) is 22.7. The third-order valence-corrected chi connectivity index (χ3v) is 4.84. The van der Waals surface area contributed by atoms with E-state index in [4.69, 9.17) is 73.6 Å². The van der Waals surface area contributed by atoms with Crippen LogP contribution in [0.15, 0.2) is 17.3 Å². The minimum absolute atomic E-state index is 0.182. The molecule has 0 spiro atoms. The second kappa shape index (κ2) is 20.5. The molecule has 0 atom stereocenters. The zero-order valence-corrected chi connectivity index (χ0v) is 29.9. The van der Waals surface area contributed by atoms with E-state index >= 15 is 0 Å². The summed E-state index contributed by atoms with van der Waals surface area (Å²) in [5.74, 6) is -3.26. The molecule has 18 heteroatoms. The summed E-state index contributed by atoms with van der Waals surface area (Å²) >= 11 is 36.8. The van der Waals surface area contributed by atoms with Crippen LogP contribution < -0.4 is 13.3 Å². The number of halogens is 12. The summed E-state index contributed by atoms with van der Waals surface area (Å²) in [4.78, 5) is 21.4. The smallest absolute Gasteiger partial charge is 0.337 e. The van der Waals surface area contributed by atoms with Gasteiger partial charge >= 0.3 is 56.5 Å². The van der Waals surface area contributed by atoms with Crippen LogP contribution in [0.4, 0.5) is 8.78 Å². The van der Waals surface area contributed by atoms with E-state index in [2.05, 4.69) is 79.6 Å². The van der Waals surface area contributed by atoms with Gasteiger partial charge in [0.05, 0.1) is 43.0 Å². The Morgan fingerprint density at radius 1 is 1.00 bits per heavy atom. The van der Waals surface area contributed by atoms with Gasteiger partial charge in [0, 0.05) is 42.8 Å². The standard InChI is InChI=1S/C8HCl3FNO.C8H4Cl2FNO3.I3.I2/c9-6-3(8(11)14)1-5(12)7(10)4(6)2-13;9-6-3(8(13)14)1-5(11)7(10)4(6)2-12-15;1-3-2;1-2/h1H;1-2,15H,(H,13,14);;/q;;-1;/b;12-2+;;. The maximum atomic E-state index is 13.1. The van der Waals surface area contributed by atoms with Gasteiger partial charge in [-0.15, -0.1) is 0 Å². The minimum atomic E-state index is -1.40. The van der Waals surface area contributed by atoms with Gasteiger partial charge in [0.1, 0.15) is 17.7 Å². The number of nitriles is 1. The number of benzene rings is 2. The number of carboxylic acid groups (broad SMARTS) is 1. The van der Waals surface area contributed by atoms with Crippen LogP contribution in [-0.4, -0.2) is 27.7 Å². The van der Waals surface area contributed by atoms with Gasteiger partial charge in [0.2, 0.25) is 0 Å². The number of aromatic carboxylic acids is 1. The number of nitrogens with zero attached hydrogens (tertiary/aromatic N) is 2. The Balaban J connectivity index is 0. The van der Waals surface area contributed by atoms with Crippen LogP contribution >= 0.6 is 132 Å². The fourth-order valence-corrected chi connectivity index (χ4v) is 3.03. The van der Waals surface area contributed by atoms with Crippen molar-refractivity contribution in [2.75, 3.05) is 0 Å². The van der Waals surface area contributed by atoms with Crippen molar-refractivity contribution in [1.82, 2.24) is 0 Å². The molecule has 0 aliphatic rings. The fraction of sp³-hybridized carbons (Fsp3) is 0. The third kappa shape index (κ3) is 11.9. The average molecular weight is 1140 g/mol. The van der Waals surface area contributed by atoms with Crippen LogP contribution in [0.3, 0.4) is 0 Å². The van der Waals surface area contributed by atoms with Crippen LogP contribution in [0.2, 0.25) is 20.1 Å².